The largest absolute Gasteiger partial charge is 0.381 e. The zero-order valence-corrected chi connectivity index (χ0v) is 10.5. The second-order valence-electron chi connectivity index (χ2n) is 4.81. The van der Waals surface area contributed by atoms with Gasteiger partial charge in [0.1, 0.15) is 0 Å². The molecule has 0 aliphatic carbocycles. The minimum Gasteiger partial charge on any atom is -0.381 e. The SMILES string of the molecule is CCOCC1(C)COC(c2ccccc2)OC1. The minimum atomic E-state index is -0.231. The van der Waals surface area contributed by atoms with Crippen LogP contribution >= 0.6 is 0 Å². The van der Waals surface area contributed by atoms with Crippen molar-refractivity contribution in [2.75, 3.05) is 26.4 Å². The molecular formula is C14H20O3. The molecule has 1 aliphatic heterocycles. The fraction of sp³-hybridized carbons (Fsp3) is 0.571. The van der Waals surface area contributed by atoms with Gasteiger partial charge in [-0.25, -0.2) is 0 Å². The topological polar surface area (TPSA) is 27.7 Å². The van der Waals surface area contributed by atoms with Crippen LogP contribution in [0.1, 0.15) is 25.7 Å². The lowest BCUT2D eigenvalue weighted by Crippen LogP contribution is -2.40. The molecule has 1 aromatic carbocycles. The first-order valence-electron chi connectivity index (χ1n) is 6.09. The van der Waals surface area contributed by atoms with E-state index in [0.29, 0.717) is 19.8 Å². The molecule has 1 fully saturated rings. The van der Waals surface area contributed by atoms with Crippen molar-refractivity contribution in [2.45, 2.75) is 20.1 Å². The van der Waals surface area contributed by atoms with Crippen molar-refractivity contribution in [3.63, 3.8) is 0 Å². The fourth-order valence-electron chi connectivity index (χ4n) is 1.88. The maximum Gasteiger partial charge on any atom is 0.183 e. The third-order valence-corrected chi connectivity index (χ3v) is 2.89. The van der Waals surface area contributed by atoms with Crippen molar-refractivity contribution >= 4 is 0 Å². The lowest BCUT2D eigenvalue weighted by Gasteiger charge is -2.37. The third kappa shape index (κ3) is 3.28. The molecule has 1 aliphatic rings. The van der Waals surface area contributed by atoms with Gasteiger partial charge in [-0.1, -0.05) is 37.3 Å². The highest BCUT2D eigenvalue weighted by molar-refractivity contribution is 5.16. The van der Waals surface area contributed by atoms with Crippen LogP contribution in [0.2, 0.25) is 0 Å². The quantitative estimate of drug-likeness (QED) is 0.804. The van der Waals surface area contributed by atoms with Crippen LogP contribution in [-0.2, 0) is 14.2 Å². The molecule has 0 bridgehead atoms. The summed E-state index contributed by atoms with van der Waals surface area (Å²) in [5, 5.41) is 0. The van der Waals surface area contributed by atoms with Crippen LogP contribution < -0.4 is 0 Å². The lowest BCUT2D eigenvalue weighted by molar-refractivity contribution is -0.239. The maximum atomic E-state index is 5.77. The van der Waals surface area contributed by atoms with Crippen molar-refractivity contribution in [1.82, 2.24) is 0 Å². The van der Waals surface area contributed by atoms with Gasteiger partial charge in [0, 0.05) is 17.6 Å². The Morgan fingerprint density at radius 2 is 1.88 bits per heavy atom. The molecule has 17 heavy (non-hydrogen) atoms. The van der Waals surface area contributed by atoms with Gasteiger partial charge in [-0.05, 0) is 6.92 Å². The van der Waals surface area contributed by atoms with Crippen LogP contribution in [0.3, 0.4) is 0 Å². The first-order chi connectivity index (χ1) is 8.23. The van der Waals surface area contributed by atoms with E-state index in [0.717, 1.165) is 12.2 Å². The van der Waals surface area contributed by atoms with Gasteiger partial charge in [0.15, 0.2) is 6.29 Å². The van der Waals surface area contributed by atoms with E-state index in [9.17, 15) is 0 Å². The Bertz CT molecular complexity index is 329. The van der Waals surface area contributed by atoms with Gasteiger partial charge in [-0.2, -0.15) is 0 Å². The van der Waals surface area contributed by atoms with Gasteiger partial charge in [-0.15, -0.1) is 0 Å². The standard InChI is InChI=1S/C14H20O3/c1-3-15-9-14(2)10-16-13(17-11-14)12-7-5-4-6-8-12/h4-8,13H,3,9-11H2,1-2H3. The average molecular weight is 236 g/mol. The van der Waals surface area contributed by atoms with Crippen molar-refractivity contribution in [3.8, 4) is 0 Å². The molecule has 0 radical (unpaired) electrons. The molecule has 0 aromatic heterocycles. The van der Waals surface area contributed by atoms with Crippen molar-refractivity contribution < 1.29 is 14.2 Å². The summed E-state index contributed by atoms with van der Waals surface area (Å²) in [4.78, 5) is 0. The van der Waals surface area contributed by atoms with E-state index in [1.807, 2.05) is 37.3 Å². The first-order valence-corrected chi connectivity index (χ1v) is 6.09. The first kappa shape index (κ1) is 12.6. The highest BCUT2D eigenvalue weighted by Gasteiger charge is 2.33. The van der Waals surface area contributed by atoms with E-state index in [1.165, 1.54) is 0 Å². The Morgan fingerprint density at radius 3 is 2.47 bits per heavy atom. The van der Waals surface area contributed by atoms with Gasteiger partial charge in [-0.3, -0.25) is 0 Å². The van der Waals surface area contributed by atoms with Gasteiger partial charge in [0.2, 0.25) is 0 Å². The van der Waals surface area contributed by atoms with Gasteiger partial charge in [0.05, 0.1) is 19.8 Å². The number of hydrogen-bond donors (Lipinski definition) is 0. The Balaban J connectivity index is 1.90. The number of rotatable bonds is 4. The highest BCUT2D eigenvalue weighted by Crippen LogP contribution is 2.31. The van der Waals surface area contributed by atoms with Crippen molar-refractivity contribution in [3.05, 3.63) is 35.9 Å². The molecule has 3 nitrogen and oxygen atoms in total. The normalized spacial score (nSPS) is 29.2. The smallest absolute Gasteiger partial charge is 0.183 e. The summed E-state index contributed by atoms with van der Waals surface area (Å²) in [6, 6.07) is 10.0. The van der Waals surface area contributed by atoms with Crippen LogP contribution in [0.15, 0.2) is 30.3 Å². The molecule has 0 amide bonds. The van der Waals surface area contributed by atoms with E-state index < -0.39 is 0 Å². The van der Waals surface area contributed by atoms with Crippen LogP contribution in [0.5, 0.6) is 0 Å². The molecule has 94 valence electrons. The zero-order valence-electron chi connectivity index (χ0n) is 10.5. The second-order valence-corrected chi connectivity index (χ2v) is 4.81. The third-order valence-electron chi connectivity index (χ3n) is 2.89. The Hall–Kier alpha value is -0.900. The molecule has 0 atom stereocenters. The summed E-state index contributed by atoms with van der Waals surface area (Å²) in [5.41, 5.74) is 1.05. The summed E-state index contributed by atoms with van der Waals surface area (Å²) < 4.78 is 17.0. The molecule has 0 saturated carbocycles. The highest BCUT2D eigenvalue weighted by atomic mass is 16.7. The van der Waals surface area contributed by atoms with Crippen LogP contribution in [0, 0.1) is 5.41 Å². The van der Waals surface area contributed by atoms with Crippen LogP contribution in [-0.4, -0.2) is 26.4 Å². The van der Waals surface area contributed by atoms with Crippen molar-refractivity contribution in [1.29, 1.82) is 0 Å². The molecule has 0 unspecified atom stereocenters. The van der Waals surface area contributed by atoms with Gasteiger partial charge < -0.3 is 14.2 Å². The summed E-state index contributed by atoms with van der Waals surface area (Å²) in [7, 11) is 0. The zero-order chi connectivity index (χ0) is 12.1. The van der Waals surface area contributed by atoms with E-state index in [4.69, 9.17) is 14.2 Å². The van der Waals surface area contributed by atoms with Crippen molar-refractivity contribution in [2.24, 2.45) is 5.41 Å². The fourth-order valence-corrected chi connectivity index (χ4v) is 1.88. The summed E-state index contributed by atoms with van der Waals surface area (Å²) in [6.45, 7) is 6.90. The number of benzene rings is 1. The Kier molecular flexibility index (Phi) is 4.15. The summed E-state index contributed by atoms with van der Waals surface area (Å²) >= 11 is 0. The Labute approximate surface area is 103 Å². The summed E-state index contributed by atoms with van der Waals surface area (Å²) in [5.74, 6) is 0. The minimum absolute atomic E-state index is 0.0265. The van der Waals surface area contributed by atoms with E-state index in [2.05, 4.69) is 6.92 Å². The van der Waals surface area contributed by atoms with Crippen LogP contribution in [0.4, 0.5) is 0 Å². The van der Waals surface area contributed by atoms with Crippen LogP contribution in [0.25, 0.3) is 0 Å². The molecule has 0 N–H and O–H groups in total. The van der Waals surface area contributed by atoms with E-state index in [-0.39, 0.29) is 11.7 Å². The van der Waals surface area contributed by atoms with Gasteiger partial charge >= 0.3 is 0 Å². The summed E-state index contributed by atoms with van der Waals surface area (Å²) in [6.07, 6.45) is -0.231. The molecular weight excluding hydrogens is 216 g/mol. The predicted molar refractivity (Wildman–Crippen MR) is 65.7 cm³/mol. The predicted octanol–water partition coefficient (Wildman–Crippen LogP) is 2.77. The maximum absolute atomic E-state index is 5.77. The molecule has 3 heteroatoms. The monoisotopic (exact) mass is 236 g/mol. The second kappa shape index (κ2) is 5.63. The number of hydrogen-bond acceptors (Lipinski definition) is 3. The van der Waals surface area contributed by atoms with E-state index >= 15 is 0 Å². The Morgan fingerprint density at radius 1 is 1.24 bits per heavy atom. The lowest BCUT2D eigenvalue weighted by atomic mass is 9.93. The molecule has 1 aromatic rings. The molecule has 1 heterocycles. The average Bonchev–Trinajstić information content (AvgIpc) is 2.38. The van der Waals surface area contributed by atoms with Gasteiger partial charge in [0.25, 0.3) is 0 Å². The molecule has 2 rings (SSSR count). The molecule has 0 spiro atoms. The molecule has 1 saturated heterocycles. The van der Waals surface area contributed by atoms with E-state index in [1.54, 1.807) is 0 Å². The number of ether oxygens (including phenoxy) is 3.